The Morgan fingerprint density at radius 3 is 2.39 bits per heavy atom. The zero-order valence-electron chi connectivity index (χ0n) is 20.6. The van der Waals surface area contributed by atoms with Crippen molar-refractivity contribution in [3.8, 4) is 0 Å². The van der Waals surface area contributed by atoms with Crippen molar-refractivity contribution in [3.63, 3.8) is 0 Å². The van der Waals surface area contributed by atoms with E-state index in [4.69, 9.17) is 9.47 Å². The van der Waals surface area contributed by atoms with Gasteiger partial charge in [0.05, 0.1) is 5.60 Å². The van der Waals surface area contributed by atoms with E-state index in [9.17, 15) is 14.7 Å². The molecule has 2 heterocycles. The number of hydrogen-bond acceptors (Lipinski definition) is 5. The molecule has 1 saturated carbocycles. The van der Waals surface area contributed by atoms with Crippen LogP contribution in [0.1, 0.15) is 67.2 Å². The van der Waals surface area contributed by atoms with Crippen LogP contribution < -0.4 is 0 Å². The Kier molecular flexibility index (Phi) is 4.10. The first kappa shape index (κ1) is 21.9. The predicted octanol–water partition coefficient (Wildman–Crippen LogP) is 4.30. The van der Waals surface area contributed by atoms with Crippen molar-refractivity contribution in [2.24, 2.45) is 34.5 Å². The molecule has 4 aliphatic carbocycles. The third-order valence-corrected chi connectivity index (χ3v) is 10.9. The molecule has 1 N–H and O–H groups in total. The van der Waals surface area contributed by atoms with Gasteiger partial charge >= 0.3 is 0 Å². The fraction of sp³-hybridized carbons (Fsp3) is 0.714. The highest BCUT2D eigenvalue weighted by molar-refractivity contribution is 6.12. The smallest absolute Gasteiger partial charge is 0.199 e. The van der Waals surface area contributed by atoms with E-state index in [0.29, 0.717) is 18.4 Å². The van der Waals surface area contributed by atoms with Gasteiger partial charge in [0.25, 0.3) is 0 Å². The summed E-state index contributed by atoms with van der Waals surface area (Å²) in [5, 5.41) is 11.5. The summed E-state index contributed by atoms with van der Waals surface area (Å²) in [6.45, 7) is 12.7. The third kappa shape index (κ3) is 2.30. The van der Waals surface area contributed by atoms with Crippen molar-refractivity contribution >= 4 is 11.6 Å². The van der Waals surface area contributed by atoms with E-state index in [1.807, 2.05) is 20.8 Å². The van der Waals surface area contributed by atoms with Crippen molar-refractivity contribution in [2.45, 2.75) is 90.3 Å². The molecule has 6 rings (SSSR count). The van der Waals surface area contributed by atoms with E-state index in [1.54, 1.807) is 12.2 Å². The Morgan fingerprint density at radius 1 is 1.00 bits per heavy atom. The Bertz CT molecular complexity index is 1070. The molecule has 5 heteroatoms. The highest BCUT2D eigenvalue weighted by atomic mass is 16.7. The summed E-state index contributed by atoms with van der Waals surface area (Å²) in [6.07, 6.45) is 10.1. The van der Waals surface area contributed by atoms with Crippen LogP contribution in [-0.4, -0.2) is 39.8 Å². The van der Waals surface area contributed by atoms with Crippen molar-refractivity contribution < 1.29 is 24.2 Å². The standard InChI is InChI=1S/C28H36O5/c1-15-18-9-12-27(33-28(15)23(31)16(2)24(3,4)32-28)20-14-22(30)21-13-17(29)7-10-25(21,5)19(20)8-11-26(18,27)6/h8,11,13-16,18-19,23,31H,7,9-10,12H2,1-6H3. The van der Waals surface area contributed by atoms with Crippen molar-refractivity contribution in [3.05, 3.63) is 35.5 Å². The fourth-order valence-electron chi connectivity index (χ4n) is 8.54. The van der Waals surface area contributed by atoms with Gasteiger partial charge < -0.3 is 14.6 Å². The molecule has 0 aromatic heterocycles. The van der Waals surface area contributed by atoms with E-state index in [-0.39, 0.29) is 40.7 Å². The van der Waals surface area contributed by atoms with Crippen LogP contribution in [0.15, 0.2) is 35.5 Å². The number of hydrogen-bond donors (Lipinski definition) is 1. The molecule has 0 radical (unpaired) electrons. The molecule has 3 fully saturated rings. The van der Waals surface area contributed by atoms with Gasteiger partial charge in [0.2, 0.25) is 0 Å². The highest BCUT2D eigenvalue weighted by Crippen LogP contribution is 2.72. The molecule has 9 unspecified atom stereocenters. The first-order chi connectivity index (χ1) is 15.3. The van der Waals surface area contributed by atoms with Gasteiger partial charge in [0.15, 0.2) is 17.4 Å². The molecular formula is C28H36O5. The summed E-state index contributed by atoms with van der Waals surface area (Å²) in [5.41, 5.74) is -0.242. The monoisotopic (exact) mass is 452 g/mol. The number of carbonyl (C=O) groups excluding carboxylic acids is 2. The van der Waals surface area contributed by atoms with Gasteiger partial charge in [0.1, 0.15) is 11.7 Å². The molecule has 6 aliphatic rings. The highest BCUT2D eigenvalue weighted by Gasteiger charge is 2.76. The Hall–Kier alpha value is -1.56. The summed E-state index contributed by atoms with van der Waals surface area (Å²) >= 11 is 0. The Morgan fingerprint density at radius 2 is 1.73 bits per heavy atom. The van der Waals surface area contributed by atoms with Gasteiger partial charge in [-0.25, -0.2) is 0 Å². The minimum atomic E-state index is -1.09. The van der Waals surface area contributed by atoms with Crippen LogP contribution >= 0.6 is 0 Å². The van der Waals surface area contributed by atoms with Gasteiger partial charge in [-0.05, 0) is 56.8 Å². The zero-order chi connectivity index (χ0) is 23.8. The van der Waals surface area contributed by atoms with E-state index < -0.39 is 28.5 Å². The maximum Gasteiger partial charge on any atom is 0.199 e. The van der Waals surface area contributed by atoms with E-state index in [0.717, 1.165) is 18.4 Å². The summed E-state index contributed by atoms with van der Waals surface area (Å²) < 4.78 is 13.9. The molecular weight excluding hydrogens is 416 g/mol. The summed E-state index contributed by atoms with van der Waals surface area (Å²) in [6, 6.07) is 0. The molecule has 0 aromatic rings. The minimum absolute atomic E-state index is 0.00388. The maximum atomic E-state index is 13.4. The lowest BCUT2D eigenvalue weighted by Gasteiger charge is -2.63. The summed E-state index contributed by atoms with van der Waals surface area (Å²) in [5.74, 6) is -0.918. The van der Waals surface area contributed by atoms with Crippen molar-refractivity contribution in [2.75, 3.05) is 0 Å². The number of allylic oxidation sites excluding steroid dienone is 4. The molecule has 178 valence electrons. The zero-order valence-corrected chi connectivity index (χ0v) is 20.6. The lowest BCUT2D eigenvalue weighted by molar-refractivity contribution is -0.371. The minimum Gasteiger partial charge on any atom is -0.387 e. The van der Waals surface area contributed by atoms with Crippen LogP contribution in [-0.2, 0) is 19.1 Å². The molecule has 1 spiro atoms. The molecule has 0 amide bonds. The number of carbonyl (C=O) groups is 2. The van der Waals surface area contributed by atoms with Gasteiger partial charge in [-0.3, -0.25) is 9.59 Å². The first-order valence-corrected chi connectivity index (χ1v) is 12.6. The Balaban J connectivity index is 1.55. The third-order valence-electron chi connectivity index (χ3n) is 10.9. The van der Waals surface area contributed by atoms with Crippen molar-refractivity contribution in [1.29, 1.82) is 0 Å². The largest absolute Gasteiger partial charge is 0.387 e. The number of aliphatic hydroxyl groups is 1. The van der Waals surface area contributed by atoms with Crippen LogP contribution in [0.4, 0.5) is 0 Å². The molecule has 2 aliphatic heterocycles. The van der Waals surface area contributed by atoms with E-state index in [1.165, 1.54) is 0 Å². The van der Waals surface area contributed by atoms with Crippen LogP contribution in [0.5, 0.6) is 0 Å². The Labute approximate surface area is 196 Å². The quantitative estimate of drug-likeness (QED) is 0.555. The molecule has 5 nitrogen and oxygen atoms in total. The number of aliphatic hydroxyl groups excluding tert-OH is 1. The molecule has 33 heavy (non-hydrogen) atoms. The molecule has 0 aromatic carbocycles. The van der Waals surface area contributed by atoms with Crippen LogP contribution in [0, 0.1) is 34.5 Å². The number of ketones is 2. The second-order valence-corrected chi connectivity index (χ2v) is 12.5. The fourth-order valence-corrected chi connectivity index (χ4v) is 8.54. The number of fused-ring (bicyclic) bond motifs is 3. The van der Waals surface area contributed by atoms with Crippen molar-refractivity contribution in [1.82, 2.24) is 0 Å². The van der Waals surface area contributed by atoms with Gasteiger partial charge in [-0.2, -0.15) is 0 Å². The molecule has 2 saturated heterocycles. The van der Waals surface area contributed by atoms with E-state index in [2.05, 4.69) is 32.9 Å². The first-order valence-electron chi connectivity index (χ1n) is 12.6. The maximum absolute atomic E-state index is 13.4. The second-order valence-electron chi connectivity index (χ2n) is 12.5. The van der Waals surface area contributed by atoms with Gasteiger partial charge in [0, 0.05) is 40.6 Å². The summed E-state index contributed by atoms with van der Waals surface area (Å²) in [4.78, 5) is 25.6. The number of ether oxygens (including phenoxy) is 2. The van der Waals surface area contributed by atoms with Crippen LogP contribution in [0.3, 0.4) is 0 Å². The lowest BCUT2D eigenvalue weighted by atomic mass is 9.49. The summed E-state index contributed by atoms with van der Waals surface area (Å²) in [7, 11) is 0. The normalized spacial score (nSPS) is 54.0. The average Bonchev–Trinajstić information content (AvgIpc) is 3.07. The lowest BCUT2D eigenvalue weighted by Crippen LogP contribution is -2.68. The second kappa shape index (κ2) is 6.16. The predicted molar refractivity (Wildman–Crippen MR) is 123 cm³/mol. The topological polar surface area (TPSA) is 72.8 Å². The van der Waals surface area contributed by atoms with Crippen LogP contribution in [0.25, 0.3) is 0 Å². The molecule has 9 atom stereocenters. The van der Waals surface area contributed by atoms with E-state index >= 15 is 0 Å². The van der Waals surface area contributed by atoms with Gasteiger partial charge in [-0.1, -0.05) is 39.8 Å². The van der Waals surface area contributed by atoms with Gasteiger partial charge in [-0.15, -0.1) is 0 Å². The molecule has 2 bridgehead atoms. The average molecular weight is 453 g/mol. The van der Waals surface area contributed by atoms with Crippen LogP contribution in [0.2, 0.25) is 0 Å². The SMILES string of the molecule is CC1C(O)C2(OC1(C)C)OC13CCC(C2C)C1(C)C=CC1C3=CC(=O)C2=CC(=O)CCC21C. The number of rotatable bonds is 0.